The first kappa shape index (κ1) is 14.7. The summed E-state index contributed by atoms with van der Waals surface area (Å²) in [4.78, 5) is 12.1. The van der Waals surface area contributed by atoms with Gasteiger partial charge in [-0.05, 0) is 52.3 Å². The van der Waals surface area contributed by atoms with Crippen molar-refractivity contribution in [2.45, 2.75) is 0 Å². The number of amides is 1. The Kier molecular flexibility index (Phi) is 4.74. The number of halogens is 4. The molecule has 0 bridgehead atoms. The van der Waals surface area contributed by atoms with E-state index in [1.807, 2.05) is 0 Å². The molecule has 2 nitrogen and oxygen atoms in total. The predicted molar refractivity (Wildman–Crippen MR) is 83.6 cm³/mol. The molecule has 0 atom stereocenters. The summed E-state index contributed by atoms with van der Waals surface area (Å²) in [6.07, 6.45) is 0. The Labute approximate surface area is 133 Å². The molecule has 98 valence electrons. The third-order valence-corrected chi connectivity index (χ3v) is 4.02. The van der Waals surface area contributed by atoms with Crippen molar-refractivity contribution in [2.24, 2.45) is 0 Å². The van der Waals surface area contributed by atoms with Crippen molar-refractivity contribution < 1.29 is 4.79 Å². The minimum Gasteiger partial charge on any atom is -0.321 e. The molecule has 0 aliphatic heterocycles. The van der Waals surface area contributed by atoms with Crippen molar-refractivity contribution in [1.29, 1.82) is 0 Å². The maximum absolute atomic E-state index is 12.1. The summed E-state index contributed by atoms with van der Waals surface area (Å²) in [5.74, 6) is -0.290. The van der Waals surface area contributed by atoms with Gasteiger partial charge in [0.2, 0.25) is 0 Å². The molecule has 0 fully saturated rings. The highest BCUT2D eigenvalue weighted by atomic mass is 79.9. The lowest BCUT2D eigenvalue weighted by molar-refractivity contribution is 0.102. The fraction of sp³-hybridized carbons (Fsp3) is 0. The highest BCUT2D eigenvalue weighted by Gasteiger charge is 2.10. The van der Waals surface area contributed by atoms with Crippen molar-refractivity contribution in [2.75, 3.05) is 5.32 Å². The van der Waals surface area contributed by atoms with Crippen LogP contribution in [0.5, 0.6) is 0 Å². The molecule has 0 unspecified atom stereocenters. The molecule has 0 aliphatic carbocycles. The largest absolute Gasteiger partial charge is 0.321 e. The monoisotopic (exact) mass is 377 g/mol. The Morgan fingerprint density at radius 2 is 1.74 bits per heavy atom. The molecular weight excluding hydrogens is 372 g/mol. The summed E-state index contributed by atoms with van der Waals surface area (Å²) in [6, 6.07) is 9.82. The second kappa shape index (κ2) is 6.14. The minimum atomic E-state index is -0.290. The number of carbonyl (C=O) groups is 1. The van der Waals surface area contributed by atoms with E-state index in [0.29, 0.717) is 26.3 Å². The molecule has 0 aromatic heterocycles. The SMILES string of the molecule is O=C(Nc1cc(Cl)ccc1Br)c1ccc(Cl)c(Cl)c1. The molecule has 0 radical (unpaired) electrons. The molecule has 0 heterocycles. The first-order valence-electron chi connectivity index (χ1n) is 5.19. The van der Waals surface area contributed by atoms with Crippen LogP contribution in [0.1, 0.15) is 10.4 Å². The lowest BCUT2D eigenvalue weighted by Crippen LogP contribution is -2.12. The summed E-state index contributed by atoms with van der Waals surface area (Å²) < 4.78 is 0.741. The van der Waals surface area contributed by atoms with Crippen LogP contribution >= 0.6 is 50.7 Å². The van der Waals surface area contributed by atoms with Gasteiger partial charge < -0.3 is 5.32 Å². The van der Waals surface area contributed by atoms with Gasteiger partial charge >= 0.3 is 0 Å². The zero-order chi connectivity index (χ0) is 14.0. The van der Waals surface area contributed by atoms with Crippen LogP contribution in [-0.4, -0.2) is 5.91 Å². The molecule has 19 heavy (non-hydrogen) atoms. The average molecular weight is 379 g/mol. The number of rotatable bonds is 2. The van der Waals surface area contributed by atoms with Crippen LogP contribution in [-0.2, 0) is 0 Å². The summed E-state index contributed by atoms with van der Waals surface area (Å²) in [7, 11) is 0. The lowest BCUT2D eigenvalue weighted by Gasteiger charge is -2.08. The van der Waals surface area contributed by atoms with E-state index in [2.05, 4.69) is 21.2 Å². The number of carbonyl (C=O) groups excluding carboxylic acids is 1. The third-order valence-electron chi connectivity index (χ3n) is 2.36. The number of benzene rings is 2. The Morgan fingerprint density at radius 1 is 1.00 bits per heavy atom. The van der Waals surface area contributed by atoms with Crippen LogP contribution in [0.3, 0.4) is 0 Å². The third kappa shape index (κ3) is 3.63. The normalized spacial score (nSPS) is 10.3. The highest BCUT2D eigenvalue weighted by Crippen LogP contribution is 2.27. The molecule has 2 rings (SSSR count). The van der Waals surface area contributed by atoms with Crippen LogP contribution < -0.4 is 5.32 Å². The van der Waals surface area contributed by atoms with Crippen LogP contribution in [0.25, 0.3) is 0 Å². The molecule has 0 spiro atoms. The Balaban J connectivity index is 2.25. The zero-order valence-electron chi connectivity index (χ0n) is 9.38. The number of hydrogen-bond donors (Lipinski definition) is 1. The van der Waals surface area contributed by atoms with Crippen molar-refractivity contribution in [3.05, 3.63) is 61.5 Å². The van der Waals surface area contributed by atoms with Crippen molar-refractivity contribution >= 4 is 62.3 Å². The Bertz CT molecular complexity index is 646. The average Bonchev–Trinajstić information content (AvgIpc) is 2.37. The predicted octanol–water partition coefficient (Wildman–Crippen LogP) is 5.66. The topological polar surface area (TPSA) is 29.1 Å². The zero-order valence-corrected chi connectivity index (χ0v) is 13.2. The van der Waals surface area contributed by atoms with E-state index in [1.54, 1.807) is 30.3 Å². The second-order valence-electron chi connectivity index (χ2n) is 3.71. The first-order chi connectivity index (χ1) is 8.97. The van der Waals surface area contributed by atoms with Gasteiger partial charge in [0.25, 0.3) is 5.91 Å². The smallest absolute Gasteiger partial charge is 0.255 e. The van der Waals surface area contributed by atoms with Crippen molar-refractivity contribution in [3.8, 4) is 0 Å². The van der Waals surface area contributed by atoms with Crippen molar-refractivity contribution in [3.63, 3.8) is 0 Å². The van der Waals surface area contributed by atoms with Crippen molar-refractivity contribution in [1.82, 2.24) is 0 Å². The molecule has 0 saturated carbocycles. The fourth-order valence-electron chi connectivity index (χ4n) is 1.43. The van der Waals surface area contributed by atoms with Gasteiger partial charge in [0.05, 0.1) is 15.7 Å². The van der Waals surface area contributed by atoms with Gasteiger partial charge in [-0.1, -0.05) is 34.8 Å². The van der Waals surface area contributed by atoms with E-state index in [1.165, 1.54) is 6.07 Å². The van der Waals surface area contributed by atoms with E-state index in [0.717, 1.165) is 4.47 Å². The summed E-state index contributed by atoms with van der Waals surface area (Å²) >= 11 is 20.9. The van der Waals surface area contributed by atoms with E-state index in [4.69, 9.17) is 34.8 Å². The molecule has 0 saturated heterocycles. The molecule has 2 aromatic rings. The maximum atomic E-state index is 12.1. The minimum absolute atomic E-state index is 0.290. The second-order valence-corrected chi connectivity index (χ2v) is 5.81. The van der Waals surface area contributed by atoms with E-state index in [9.17, 15) is 4.79 Å². The molecule has 2 aromatic carbocycles. The molecule has 0 aliphatic rings. The van der Waals surface area contributed by atoms with Crippen LogP contribution in [0.15, 0.2) is 40.9 Å². The van der Waals surface area contributed by atoms with E-state index < -0.39 is 0 Å². The van der Waals surface area contributed by atoms with Gasteiger partial charge in [-0.15, -0.1) is 0 Å². The maximum Gasteiger partial charge on any atom is 0.255 e. The van der Waals surface area contributed by atoms with E-state index in [-0.39, 0.29) is 5.91 Å². The van der Waals surface area contributed by atoms with Crippen LogP contribution in [0, 0.1) is 0 Å². The summed E-state index contributed by atoms with van der Waals surface area (Å²) in [5.41, 5.74) is 1.00. The lowest BCUT2D eigenvalue weighted by atomic mass is 10.2. The van der Waals surface area contributed by atoms with Gasteiger partial charge in [-0.3, -0.25) is 4.79 Å². The Hall–Kier alpha value is -0.740. The van der Waals surface area contributed by atoms with E-state index >= 15 is 0 Å². The Morgan fingerprint density at radius 3 is 2.42 bits per heavy atom. The fourth-order valence-corrected chi connectivity index (χ4v) is 2.24. The van der Waals surface area contributed by atoms with Gasteiger partial charge in [-0.2, -0.15) is 0 Å². The van der Waals surface area contributed by atoms with Gasteiger partial charge in [0.1, 0.15) is 0 Å². The standard InChI is InChI=1S/C13H7BrCl3NO/c14-9-3-2-8(15)6-12(9)18-13(19)7-1-4-10(16)11(17)5-7/h1-6H,(H,18,19). The summed E-state index contributed by atoms with van der Waals surface area (Å²) in [5, 5.41) is 4.01. The van der Waals surface area contributed by atoms with Gasteiger partial charge in [-0.25, -0.2) is 0 Å². The van der Waals surface area contributed by atoms with Crippen LogP contribution in [0.2, 0.25) is 15.1 Å². The number of hydrogen-bond acceptors (Lipinski definition) is 1. The molecule has 1 amide bonds. The van der Waals surface area contributed by atoms with Crippen LogP contribution in [0.4, 0.5) is 5.69 Å². The summed E-state index contributed by atoms with van der Waals surface area (Å²) in [6.45, 7) is 0. The first-order valence-corrected chi connectivity index (χ1v) is 7.11. The van der Waals surface area contributed by atoms with Gasteiger partial charge in [0.15, 0.2) is 0 Å². The quantitative estimate of drug-likeness (QED) is 0.716. The highest BCUT2D eigenvalue weighted by molar-refractivity contribution is 9.10. The number of anilines is 1. The molecule has 6 heteroatoms. The molecule has 1 N–H and O–H groups in total. The molecular formula is C13H7BrCl3NO. The number of nitrogens with one attached hydrogen (secondary N) is 1. The van der Waals surface area contributed by atoms with Gasteiger partial charge in [0, 0.05) is 15.1 Å².